The van der Waals surface area contributed by atoms with Crippen LogP contribution in [0.15, 0.2) is 30.3 Å². The molecule has 1 heterocycles. The summed E-state index contributed by atoms with van der Waals surface area (Å²) in [5.41, 5.74) is 16.7. The van der Waals surface area contributed by atoms with Crippen molar-refractivity contribution in [2.24, 2.45) is 17.2 Å². The van der Waals surface area contributed by atoms with Crippen LogP contribution in [0.4, 0.5) is 0 Å². The summed E-state index contributed by atoms with van der Waals surface area (Å²) in [6.07, 6.45) is 4.33. The molecule has 2 unspecified atom stereocenters. The van der Waals surface area contributed by atoms with Gasteiger partial charge in [-0.25, -0.2) is 0 Å². The second-order valence-electron chi connectivity index (χ2n) is 6.85. The van der Waals surface area contributed by atoms with Crippen LogP contribution in [0.3, 0.4) is 0 Å². The highest BCUT2D eigenvalue weighted by Gasteiger charge is 2.20. The molecule has 0 radical (unpaired) electrons. The van der Waals surface area contributed by atoms with Gasteiger partial charge in [-0.05, 0) is 50.8 Å². The van der Waals surface area contributed by atoms with E-state index in [4.69, 9.17) is 32.5 Å². The minimum absolute atomic E-state index is 0.269. The zero-order valence-corrected chi connectivity index (χ0v) is 17.1. The first-order valence-electron chi connectivity index (χ1n) is 9.86. The van der Waals surface area contributed by atoms with Crippen LogP contribution >= 0.6 is 0 Å². The van der Waals surface area contributed by atoms with Gasteiger partial charge in [0.15, 0.2) is 0 Å². The number of rotatable bonds is 9. The maximum atomic E-state index is 10.4. The molecule has 0 aliphatic carbocycles. The molecule has 3 atom stereocenters. The Kier molecular flexibility index (Phi) is 14.9. The molecule has 0 saturated carbocycles. The van der Waals surface area contributed by atoms with Crippen molar-refractivity contribution < 1.29 is 29.7 Å². The summed E-state index contributed by atoms with van der Waals surface area (Å²) in [6.45, 7) is 1.46. The number of carbonyl (C=O) groups is 3. The highest BCUT2D eigenvalue weighted by Crippen LogP contribution is 2.03. The number of unbranched alkanes of at least 4 members (excludes halogenated alkanes) is 1. The van der Waals surface area contributed by atoms with Gasteiger partial charge < -0.3 is 37.8 Å². The topological polar surface area (TPSA) is 202 Å². The molecule has 10 nitrogen and oxygen atoms in total. The van der Waals surface area contributed by atoms with Gasteiger partial charge >= 0.3 is 17.9 Å². The van der Waals surface area contributed by atoms with Crippen LogP contribution in [-0.4, -0.2) is 64.4 Å². The highest BCUT2D eigenvalue weighted by molar-refractivity contribution is 5.74. The molecule has 1 aliphatic rings. The van der Waals surface area contributed by atoms with Crippen molar-refractivity contribution in [1.82, 2.24) is 5.32 Å². The van der Waals surface area contributed by atoms with Crippen LogP contribution in [0.5, 0.6) is 0 Å². The Morgan fingerprint density at radius 2 is 1.60 bits per heavy atom. The zero-order chi connectivity index (χ0) is 22.9. The van der Waals surface area contributed by atoms with Gasteiger partial charge in [0.05, 0.1) is 0 Å². The third-order valence-corrected chi connectivity index (χ3v) is 4.26. The van der Waals surface area contributed by atoms with Crippen molar-refractivity contribution in [1.29, 1.82) is 0 Å². The summed E-state index contributed by atoms with van der Waals surface area (Å²) in [5, 5.41) is 28.1. The maximum Gasteiger partial charge on any atom is 0.320 e. The van der Waals surface area contributed by atoms with Crippen LogP contribution in [0.1, 0.15) is 37.7 Å². The van der Waals surface area contributed by atoms with E-state index in [9.17, 15) is 14.4 Å². The molecular weight excluding hydrogens is 392 g/mol. The Bertz CT molecular complexity index is 623. The second kappa shape index (κ2) is 16.3. The van der Waals surface area contributed by atoms with Crippen molar-refractivity contribution in [2.75, 3.05) is 13.1 Å². The molecule has 2 rings (SSSR count). The van der Waals surface area contributed by atoms with Crippen molar-refractivity contribution >= 4 is 17.9 Å². The molecule has 0 spiro atoms. The second-order valence-corrected chi connectivity index (χ2v) is 6.85. The van der Waals surface area contributed by atoms with Gasteiger partial charge in [0.1, 0.15) is 18.1 Å². The smallest absolute Gasteiger partial charge is 0.320 e. The molecule has 1 aromatic rings. The molecule has 1 aliphatic heterocycles. The Morgan fingerprint density at radius 3 is 2.00 bits per heavy atom. The van der Waals surface area contributed by atoms with Gasteiger partial charge in [-0.2, -0.15) is 0 Å². The number of benzene rings is 1. The Morgan fingerprint density at radius 1 is 1.00 bits per heavy atom. The van der Waals surface area contributed by atoms with E-state index in [-0.39, 0.29) is 6.04 Å². The highest BCUT2D eigenvalue weighted by atomic mass is 16.4. The number of nitrogens with one attached hydrogen (secondary N) is 1. The van der Waals surface area contributed by atoms with Gasteiger partial charge in [-0.1, -0.05) is 36.8 Å². The Labute approximate surface area is 176 Å². The predicted octanol–water partition coefficient (Wildman–Crippen LogP) is -0.00870. The average molecular weight is 427 g/mol. The third-order valence-electron chi connectivity index (χ3n) is 4.26. The average Bonchev–Trinajstić information content (AvgIpc) is 3.25. The molecule has 170 valence electrons. The lowest BCUT2D eigenvalue weighted by molar-refractivity contribution is -0.139. The standard InChI is InChI=1S/C9H11NO2.C6H14N2O2.C5H9NO2/c10-8(9(11)12)6-7-4-2-1-3-5-7;7-4-2-1-3-5(8)6(9)10;7-5(8)4-2-1-3-6-4/h1-5,8H,6,10H2,(H,11,12);5H,1-4,7-8H2,(H,9,10);4,6H,1-3H2,(H,7,8)/t;;4-/m..0/s1. The molecule has 1 saturated heterocycles. The minimum Gasteiger partial charge on any atom is -0.480 e. The summed E-state index contributed by atoms with van der Waals surface area (Å²) in [6, 6.07) is 7.56. The van der Waals surface area contributed by atoms with E-state index >= 15 is 0 Å². The third kappa shape index (κ3) is 13.6. The molecule has 0 bridgehead atoms. The van der Waals surface area contributed by atoms with E-state index in [2.05, 4.69) is 5.32 Å². The van der Waals surface area contributed by atoms with Crippen LogP contribution in [0.2, 0.25) is 0 Å². The van der Waals surface area contributed by atoms with Crippen molar-refractivity contribution in [3.8, 4) is 0 Å². The molecule has 1 aromatic carbocycles. The molecule has 0 aromatic heterocycles. The molecule has 30 heavy (non-hydrogen) atoms. The summed E-state index contributed by atoms with van der Waals surface area (Å²) in [5.74, 6) is -2.61. The lowest BCUT2D eigenvalue weighted by Crippen LogP contribution is -2.32. The van der Waals surface area contributed by atoms with Gasteiger partial charge in [-0.3, -0.25) is 14.4 Å². The first kappa shape index (κ1) is 27.5. The first-order chi connectivity index (χ1) is 14.2. The van der Waals surface area contributed by atoms with E-state index in [1.54, 1.807) is 0 Å². The monoisotopic (exact) mass is 426 g/mol. The summed E-state index contributed by atoms with van der Waals surface area (Å²) in [7, 11) is 0. The number of hydrogen-bond acceptors (Lipinski definition) is 7. The molecule has 10 N–H and O–H groups in total. The fourth-order valence-corrected chi connectivity index (χ4v) is 2.48. The molecule has 0 amide bonds. The number of carboxylic acid groups (broad SMARTS) is 3. The van der Waals surface area contributed by atoms with Crippen molar-refractivity contribution in [2.45, 2.75) is 56.7 Å². The van der Waals surface area contributed by atoms with E-state index in [0.717, 1.165) is 37.8 Å². The number of hydrogen-bond donors (Lipinski definition) is 7. The molecule has 1 fully saturated rings. The molecular formula is C20H34N4O6. The van der Waals surface area contributed by atoms with E-state index < -0.39 is 30.0 Å². The zero-order valence-electron chi connectivity index (χ0n) is 17.1. The van der Waals surface area contributed by atoms with Crippen LogP contribution < -0.4 is 22.5 Å². The van der Waals surface area contributed by atoms with Crippen molar-refractivity contribution in [3.63, 3.8) is 0 Å². The van der Waals surface area contributed by atoms with Crippen LogP contribution in [-0.2, 0) is 20.8 Å². The number of carboxylic acids is 3. The SMILES string of the molecule is NC(Cc1ccccc1)C(=O)O.NCCCCC(N)C(=O)O.O=C(O)[C@@H]1CCCN1. The largest absolute Gasteiger partial charge is 0.480 e. The predicted molar refractivity (Wildman–Crippen MR) is 113 cm³/mol. The number of aliphatic carboxylic acids is 3. The summed E-state index contributed by atoms with van der Waals surface area (Å²) < 4.78 is 0. The van der Waals surface area contributed by atoms with E-state index in [0.29, 0.717) is 19.4 Å². The lowest BCUT2D eigenvalue weighted by Gasteiger charge is -2.04. The maximum absolute atomic E-state index is 10.4. The number of nitrogens with two attached hydrogens (primary N) is 3. The van der Waals surface area contributed by atoms with E-state index in [1.165, 1.54) is 0 Å². The van der Waals surface area contributed by atoms with Gasteiger partial charge in [0.25, 0.3) is 0 Å². The fraction of sp³-hybridized carbons (Fsp3) is 0.550. The van der Waals surface area contributed by atoms with Gasteiger partial charge in [0.2, 0.25) is 0 Å². The molecule has 10 heteroatoms. The summed E-state index contributed by atoms with van der Waals surface area (Å²) in [4.78, 5) is 30.7. The summed E-state index contributed by atoms with van der Waals surface area (Å²) >= 11 is 0. The first-order valence-corrected chi connectivity index (χ1v) is 9.86. The quantitative estimate of drug-likeness (QED) is 0.263. The van der Waals surface area contributed by atoms with Crippen LogP contribution in [0, 0.1) is 0 Å². The van der Waals surface area contributed by atoms with Gasteiger partial charge in [0, 0.05) is 0 Å². The lowest BCUT2D eigenvalue weighted by atomic mass is 10.1. The Hall–Kier alpha value is -2.53. The normalized spacial score (nSPS) is 16.8. The van der Waals surface area contributed by atoms with Crippen LogP contribution in [0.25, 0.3) is 0 Å². The minimum atomic E-state index is -0.959. The Balaban J connectivity index is 0.000000429. The van der Waals surface area contributed by atoms with Crippen molar-refractivity contribution in [3.05, 3.63) is 35.9 Å². The van der Waals surface area contributed by atoms with Gasteiger partial charge in [-0.15, -0.1) is 0 Å². The van der Waals surface area contributed by atoms with E-state index in [1.807, 2.05) is 30.3 Å². The fourth-order valence-electron chi connectivity index (χ4n) is 2.48.